The van der Waals surface area contributed by atoms with Crippen molar-refractivity contribution in [1.82, 2.24) is 4.31 Å². The summed E-state index contributed by atoms with van der Waals surface area (Å²) in [6.07, 6.45) is 0.0535. The molecule has 0 aliphatic carbocycles. The van der Waals surface area contributed by atoms with Gasteiger partial charge in [-0.2, -0.15) is 9.57 Å². The van der Waals surface area contributed by atoms with Crippen LogP contribution in [-0.2, 0) is 14.8 Å². The summed E-state index contributed by atoms with van der Waals surface area (Å²) in [5.74, 6) is -1.16. The number of aryl methyl sites for hydroxylation is 1. The van der Waals surface area contributed by atoms with Gasteiger partial charge in [0.15, 0.2) is 0 Å². The Labute approximate surface area is 127 Å². The van der Waals surface area contributed by atoms with Crippen LogP contribution in [0.1, 0.15) is 21.0 Å². The van der Waals surface area contributed by atoms with Crippen LogP contribution >= 0.6 is 11.3 Å². The maximum absolute atomic E-state index is 12.6. The Hall–Kier alpha value is -1.47. The van der Waals surface area contributed by atoms with Crippen molar-refractivity contribution in [3.05, 3.63) is 15.8 Å². The number of sulfonamides is 1. The zero-order chi connectivity index (χ0) is 16.0. The Balaban J connectivity index is 3.15. The van der Waals surface area contributed by atoms with Crippen molar-refractivity contribution in [2.45, 2.75) is 18.2 Å². The molecule has 0 fully saturated rings. The molecule has 116 valence electrons. The monoisotopic (exact) mass is 332 g/mol. The van der Waals surface area contributed by atoms with Crippen LogP contribution in [0, 0.1) is 18.3 Å². The fourth-order valence-electron chi connectivity index (χ4n) is 1.69. The summed E-state index contributed by atoms with van der Waals surface area (Å²) in [6.45, 7) is 1.90. The minimum atomic E-state index is -3.84. The SMILES string of the molecule is COCCN(CCC#N)S(=O)(=O)c1cc(C(=O)O)sc1C. The molecule has 0 radical (unpaired) electrons. The predicted octanol–water partition coefficient (Wildman–Crippen LogP) is 1.31. The molecule has 0 spiro atoms. The third kappa shape index (κ3) is 4.25. The average molecular weight is 332 g/mol. The standard InChI is InChI=1S/C12H16N2O5S2/c1-9-11(8-10(20-9)12(15)16)21(17,18)14(5-3-4-13)6-7-19-2/h8H,3,5-7H2,1-2H3,(H,15,16). The summed E-state index contributed by atoms with van der Waals surface area (Å²) in [5.41, 5.74) is 0. The van der Waals surface area contributed by atoms with Gasteiger partial charge in [-0.05, 0) is 13.0 Å². The highest BCUT2D eigenvalue weighted by Gasteiger charge is 2.28. The molecule has 1 aromatic heterocycles. The Morgan fingerprint density at radius 1 is 1.52 bits per heavy atom. The molecule has 0 unspecified atom stereocenters. The molecular weight excluding hydrogens is 316 g/mol. The number of rotatable bonds is 8. The number of methoxy groups -OCH3 is 1. The van der Waals surface area contributed by atoms with E-state index in [1.54, 1.807) is 6.92 Å². The number of hydrogen-bond acceptors (Lipinski definition) is 6. The van der Waals surface area contributed by atoms with E-state index in [1.165, 1.54) is 7.11 Å². The quantitative estimate of drug-likeness (QED) is 0.769. The largest absolute Gasteiger partial charge is 0.477 e. The number of nitriles is 1. The van der Waals surface area contributed by atoms with Crippen molar-refractivity contribution in [2.24, 2.45) is 0 Å². The summed E-state index contributed by atoms with van der Waals surface area (Å²) in [7, 11) is -2.39. The number of carbonyl (C=O) groups is 1. The first kappa shape index (κ1) is 17.6. The second-order valence-electron chi connectivity index (χ2n) is 4.14. The lowest BCUT2D eigenvalue weighted by molar-refractivity contribution is 0.0702. The highest BCUT2D eigenvalue weighted by molar-refractivity contribution is 7.89. The Bertz CT molecular complexity index is 645. The molecule has 0 amide bonds. The van der Waals surface area contributed by atoms with Gasteiger partial charge in [-0.15, -0.1) is 11.3 Å². The zero-order valence-electron chi connectivity index (χ0n) is 11.7. The lowest BCUT2D eigenvalue weighted by atomic mass is 10.4. The van der Waals surface area contributed by atoms with Crippen molar-refractivity contribution in [3.63, 3.8) is 0 Å². The highest BCUT2D eigenvalue weighted by Crippen LogP contribution is 2.28. The average Bonchev–Trinajstić information content (AvgIpc) is 2.81. The Kier molecular flexibility index (Phi) is 6.29. The molecule has 7 nitrogen and oxygen atoms in total. The van der Waals surface area contributed by atoms with Gasteiger partial charge in [0.1, 0.15) is 4.88 Å². The first-order chi connectivity index (χ1) is 9.84. The number of ether oxygens (including phenoxy) is 1. The van der Waals surface area contributed by atoms with E-state index in [1.807, 2.05) is 6.07 Å². The summed E-state index contributed by atoms with van der Waals surface area (Å²) >= 11 is 0.913. The summed E-state index contributed by atoms with van der Waals surface area (Å²) < 4.78 is 31.2. The van der Waals surface area contributed by atoms with Gasteiger partial charge in [0.05, 0.1) is 17.6 Å². The van der Waals surface area contributed by atoms with Gasteiger partial charge >= 0.3 is 5.97 Å². The van der Waals surface area contributed by atoms with E-state index in [9.17, 15) is 13.2 Å². The fourth-order valence-corrected chi connectivity index (χ4v) is 4.51. The van der Waals surface area contributed by atoms with Crippen LogP contribution in [0.15, 0.2) is 11.0 Å². The highest BCUT2D eigenvalue weighted by atomic mass is 32.2. The van der Waals surface area contributed by atoms with Gasteiger partial charge in [-0.3, -0.25) is 0 Å². The van der Waals surface area contributed by atoms with Crippen LogP contribution in [-0.4, -0.2) is 50.6 Å². The number of nitrogens with zero attached hydrogens (tertiary/aromatic N) is 2. The van der Waals surface area contributed by atoms with E-state index in [0.29, 0.717) is 4.88 Å². The second-order valence-corrected chi connectivity index (χ2v) is 7.30. The molecule has 1 heterocycles. The summed E-state index contributed by atoms with van der Waals surface area (Å²) in [5, 5.41) is 17.6. The summed E-state index contributed by atoms with van der Waals surface area (Å²) in [4.78, 5) is 11.3. The van der Waals surface area contributed by atoms with Crippen molar-refractivity contribution in [2.75, 3.05) is 26.8 Å². The van der Waals surface area contributed by atoms with Crippen LogP contribution in [0.4, 0.5) is 0 Å². The van der Waals surface area contributed by atoms with Crippen LogP contribution in [0.5, 0.6) is 0 Å². The molecule has 0 aliphatic heterocycles. The normalized spacial score (nSPS) is 11.5. The lowest BCUT2D eigenvalue weighted by Crippen LogP contribution is -2.34. The molecule has 21 heavy (non-hydrogen) atoms. The molecular formula is C12H16N2O5S2. The number of hydrogen-bond donors (Lipinski definition) is 1. The predicted molar refractivity (Wildman–Crippen MR) is 76.9 cm³/mol. The third-order valence-electron chi connectivity index (χ3n) is 2.72. The molecule has 0 aromatic carbocycles. The van der Waals surface area contributed by atoms with Crippen molar-refractivity contribution < 1.29 is 23.1 Å². The van der Waals surface area contributed by atoms with Gasteiger partial charge < -0.3 is 9.84 Å². The van der Waals surface area contributed by atoms with E-state index >= 15 is 0 Å². The number of thiophene rings is 1. The van der Waals surface area contributed by atoms with E-state index in [4.69, 9.17) is 15.1 Å². The Morgan fingerprint density at radius 2 is 2.19 bits per heavy atom. The first-order valence-corrected chi connectivity index (χ1v) is 8.30. The fraction of sp³-hybridized carbons (Fsp3) is 0.500. The van der Waals surface area contributed by atoms with Crippen LogP contribution in [0.3, 0.4) is 0 Å². The molecule has 0 atom stereocenters. The lowest BCUT2D eigenvalue weighted by Gasteiger charge is -2.20. The van der Waals surface area contributed by atoms with E-state index < -0.39 is 16.0 Å². The Morgan fingerprint density at radius 3 is 2.67 bits per heavy atom. The molecule has 0 aliphatic rings. The van der Waals surface area contributed by atoms with Crippen molar-refractivity contribution in [1.29, 1.82) is 5.26 Å². The van der Waals surface area contributed by atoms with Gasteiger partial charge in [0.25, 0.3) is 0 Å². The maximum atomic E-state index is 12.6. The third-order valence-corrected chi connectivity index (χ3v) is 5.91. The van der Waals surface area contributed by atoms with Crippen LogP contribution in [0.2, 0.25) is 0 Å². The summed E-state index contributed by atoms with van der Waals surface area (Å²) in [6, 6.07) is 3.05. The topological polar surface area (TPSA) is 108 Å². The van der Waals surface area contributed by atoms with Crippen molar-refractivity contribution in [3.8, 4) is 6.07 Å². The smallest absolute Gasteiger partial charge is 0.345 e. The minimum absolute atomic E-state index is 0.0288. The van der Waals surface area contributed by atoms with Gasteiger partial charge in [-0.25, -0.2) is 13.2 Å². The molecule has 0 saturated carbocycles. The molecule has 0 bridgehead atoms. The molecule has 0 saturated heterocycles. The minimum Gasteiger partial charge on any atom is -0.477 e. The number of aromatic carboxylic acids is 1. The van der Waals surface area contributed by atoms with E-state index in [-0.39, 0.29) is 35.9 Å². The van der Waals surface area contributed by atoms with E-state index in [2.05, 4.69) is 0 Å². The zero-order valence-corrected chi connectivity index (χ0v) is 13.3. The van der Waals surface area contributed by atoms with E-state index in [0.717, 1.165) is 21.7 Å². The molecule has 1 rings (SSSR count). The molecule has 1 N–H and O–H groups in total. The molecule has 1 aromatic rings. The van der Waals surface area contributed by atoms with Gasteiger partial charge in [0.2, 0.25) is 10.0 Å². The molecule has 9 heteroatoms. The maximum Gasteiger partial charge on any atom is 0.345 e. The number of carboxylic acid groups (broad SMARTS) is 1. The van der Waals surface area contributed by atoms with Crippen LogP contribution < -0.4 is 0 Å². The number of carboxylic acids is 1. The van der Waals surface area contributed by atoms with Gasteiger partial charge in [-0.1, -0.05) is 0 Å². The van der Waals surface area contributed by atoms with Crippen LogP contribution in [0.25, 0.3) is 0 Å². The first-order valence-electron chi connectivity index (χ1n) is 6.04. The van der Waals surface area contributed by atoms with Crippen molar-refractivity contribution >= 4 is 27.3 Å². The second kappa shape index (κ2) is 7.51. The van der Waals surface area contributed by atoms with Gasteiger partial charge in [0, 0.05) is 31.5 Å².